The highest BCUT2D eigenvalue weighted by molar-refractivity contribution is 6.31. The molecule has 1 aromatic carbocycles. The summed E-state index contributed by atoms with van der Waals surface area (Å²) in [6.45, 7) is 6.35. The Balaban J connectivity index is 1.63. The number of carbonyl (C=O) groups is 1. The maximum absolute atomic E-state index is 11.5. The predicted octanol–water partition coefficient (Wildman–Crippen LogP) is 6.19. The molecule has 6 nitrogen and oxygen atoms in total. The third-order valence-electron chi connectivity index (χ3n) is 6.42. The van der Waals surface area contributed by atoms with Crippen molar-refractivity contribution in [2.45, 2.75) is 71.6 Å². The average Bonchev–Trinajstić information content (AvgIpc) is 3.14. The van der Waals surface area contributed by atoms with Crippen LogP contribution in [0, 0.1) is 5.92 Å². The fourth-order valence-electron chi connectivity index (χ4n) is 4.69. The van der Waals surface area contributed by atoms with Crippen LogP contribution >= 0.6 is 11.6 Å². The first-order valence-corrected chi connectivity index (χ1v) is 12.7. The van der Waals surface area contributed by atoms with Crippen molar-refractivity contribution in [3.63, 3.8) is 0 Å². The number of aromatic nitrogens is 1. The van der Waals surface area contributed by atoms with Crippen molar-refractivity contribution in [1.82, 2.24) is 4.57 Å². The second kappa shape index (κ2) is 11.2. The highest BCUT2D eigenvalue weighted by Crippen LogP contribution is 2.32. The Morgan fingerprint density at radius 1 is 1.29 bits per heavy atom. The van der Waals surface area contributed by atoms with Gasteiger partial charge in [0.1, 0.15) is 12.3 Å². The number of ether oxygens (including phenoxy) is 1. The van der Waals surface area contributed by atoms with E-state index in [-0.39, 0.29) is 30.6 Å². The number of nitrogens with zero attached hydrogens (tertiary/aromatic N) is 2. The lowest BCUT2D eigenvalue weighted by atomic mass is 9.90. The number of hydrogen-bond acceptors (Lipinski definition) is 4. The van der Waals surface area contributed by atoms with Crippen molar-refractivity contribution in [1.29, 1.82) is 0 Å². The zero-order valence-corrected chi connectivity index (χ0v) is 21.4. The highest BCUT2D eigenvalue weighted by atomic mass is 35.5. The highest BCUT2D eigenvalue weighted by Gasteiger charge is 2.28. The van der Waals surface area contributed by atoms with Crippen molar-refractivity contribution in [3.05, 3.63) is 70.6 Å². The molecule has 2 heterocycles. The number of benzene rings is 1. The normalized spacial score (nSPS) is 26.0. The number of amides is 1. The molecular weight excluding hydrogens is 462 g/mol. The summed E-state index contributed by atoms with van der Waals surface area (Å²) in [7, 11) is 0. The molecular formula is C28H34ClN3O3. The molecule has 1 amide bonds. The minimum atomic E-state index is -0.369. The van der Waals surface area contributed by atoms with Gasteiger partial charge in [-0.25, -0.2) is 0 Å². The molecule has 186 valence electrons. The van der Waals surface area contributed by atoms with Gasteiger partial charge in [0.05, 0.1) is 16.8 Å². The lowest BCUT2D eigenvalue weighted by molar-refractivity contribution is -0.118. The number of oxime groups is 1. The third kappa shape index (κ3) is 5.99. The van der Waals surface area contributed by atoms with E-state index in [1.807, 2.05) is 48.9 Å². The van der Waals surface area contributed by atoms with E-state index in [4.69, 9.17) is 26.9 Å². The summed E-state index contributed by atoms with van der Waals surface area (Å²) < 4.78 is 7.82. The average molecular weight is 496 g/mol. The minimum absolute atomic E-state index is 0.0531. The van der Waals surface area contributed by atoms with Gasteiger partial charge in [0.2, 0.25) is 5.91 Å². The molecule has 0 radical (unpaired) electrons. The van der Waals surface area contributed by atoms with Crippen LogP contribution in [0.5, 0.6) is 0 Å². The monoisotopic (exact) mass is 495 g/mol. The summed E-state index contributed by atoms with van der Waals surface area (Å²) in [6.07, 6.45) is 12.6. The minimum Gasteiger partial charge on any atom is -0.490 e. The van der Waals surface area contributed by atoms with Crippen LogP contribution in [-0.4, -0.2) is 28.4 Å². The second-order valence-corrected chi connectivity index (χ2v) is 10.00. The molecule has 0 spiro atoms. The first-order chi connectivity index (χ1) is 16.8. The van der Waals surface area contributed by atoms with Crippen LogP contribution in [0.3, 0.4) is 0 Å². The molecule has 2 atom stereocenters. The summed E-state index contributed by atoms with van der Waals surface area (Å²) in [4.78, 5) is 17.7. The molecule has 7 heteroatoms. The fraction of sp³-hybridized carbons (Fsp3) is 0.429. The Morgan fingerprint density at radius 2 is 2.09 bits per heavy atom. The summed E-state index contributed by atoms with van der Waals surface area (Å²) in [6, 6.07) is 8.04. The Labute approximate surface area is 212 Å². The third-order valence-corrected chi connectivity index (χ3v) is 6.71. The zero-order chi connectivity index (χ0) is 24.9. The van der Waals surface area contributed by atoms with E-state index in [1.165, 1.54) is 0 Å². The fourth-order valence-corrected chi connectivity index (χ4v) is 4.94. The smallest absolute Gasteiger partial charge is 0.237 e. The maximum atomic E-state index is 11.5. The molecule has 2 N–H and O–H groups in total. The number of fused-ring (bicyclic) bond motifs is 1. The molecule has 2 aliphatic rings. The van der Waals surface area contributed by atoms with Crippen LogP contribution in [0.15, 0.2) is 70.2 Å². The number of hydrogen-bond donors (Lipinski definition) is 1. The van der Waals surface area contributed by atoms with E-state index in [2.05, 4.69) is 30.3 Å². The Hall–Kier alpha value is -2.99. The van der Waals surface area contributed by atoms with Gasteiger partial charge in [0, 0.05) is 28.6 Å². The molecule has 2 unspecified atom stereocenters. The van der Waals surface area contributed by atoms with Crippen molar-refractivity contribution in [2.75, 3.05) is 0 Å². The van der Waals surface area contributed by atoms with Crippen molar-refractivity contribution < 1.29 is 14.4 Å². The quantitative estimate of drug-likeness (QED) is 0.519. The summed E-state index contributed by atoms with van der Waals surface area (Å²) in [5, 5.41) is 6.28. The Kier molecular flexibility index (Phi) is 8.01. The van der Waals surface area contributed by atoms with Gasteiger partial charge in [0.15, 0.2) is 6.10 Å². The van der Waals surface area contributed by atoms with Gasteiger partial charge >= 0.3 is 0 Å². The van der Waals surface area contributed by atoms with Crippen molar-refractivity contribution in [3.8, 4) is 0 Å². The van der Waals surface area contributed by atoms with Crippen LogP contribution < -0.4 is 5.73 Å². The van der Waals surface area contributed by atoms with Gasteiger partial charge in [-0.05, 0) is 75.8 Å². The first-order valence-electron chi connectivity index (χ1n) is 12.4. The zero-order valence-electron chi connectivity index (χ0n) is 20.7. The molecule has 1 aliphatic heterocycles. The largest absolute Gasteiger partial charge is 0.490 e. The van der Waals surface area contributed by atoms with Gasteiger partial charge in [-0.2, -0.15) is 0 Å². The Morgan fingerprint density at radius 3 is 2.86 bits per heavy atom. The van der Waals surface area contributed by atoms with Crippen LogP contribution in [0.4, 0.5) is 0 Å². The van der Waals surface area contributed by atoms with Crippen LogP contribution in [0.2, 0.25) is 0 Å². The molecule has 2 aromatic rings. The standard InChI is InChI=1S/C28H34ClN3O3/c1-18(2)34-26-11-6-4-5-8-20(16-23(26)29)28-19(3)12-13-24(31-35-28)21-9-7-10-25-22(21)14-15-32(25)17-27(30)33/h7-11,14-16,18-19,28H,4-6,12-13,17H2,1-3H3,(H2,30,33)/b20-8+,23-16+,26-11-. The van der Waals surface area contributed by atoms with E-state index in [0.717, 1.165) is 65.6 Å². The molecule has 0 bridgehead atoms. The number of allylic oxidation sites excluding steroid dienone is 3. The molecule has 0 saturated carbocycles. The van der Waals surface area contributed by atoms with Gasteiger partial charge < -0.3 is 19.9 Å². The van der Waals surface area contributed by atoms with Gasteiger partial charge in [-0.3, -0.25) is 4.79 Å². The number of primary amides is 1. The van der Waals surface area contributed by atoms with E-state index < -0.39 is 0 Å². The van der Waals surface area contributed by atoms with Gasteiger partial charge in [-0.15, -0.1) is 0 Å². The first kappa shape index (κ1) is 25.1. The lowest BCUT2D eigenvalue weighted by Gasteiger charge is -2.21. The number of rotatable bonds is 6. The summed E-state index contributed by atoms with van der Waals surface area (Å²) >= 11 is 6.71. The topological polar surface area (TPSA) is 78.8 Å². The SMILES string of the molecule is CC(C)OC1=C\CCC\C=C(C2ON=C(c3cccc4c3ccn4CC(N)=O)CCC2C)/C=C\1Cl. The molecule has 1 aliphatic carbocycles. The molecule has 4 rings (SSSR count). The van der Waals surface area contributed by atoms with Crippen LogP contribution in [-0.2, 0) is 20.9 Å². The van der Waals surface area contributed by atoms with Crippen LogP contribution in [0.1, 0.15) is 58.4 Å². The molecule has 0 fully saturated rings. The number of carbonyl (C=O) groups excluding carboxylic acids is 1. The summed E-state index contributed by atoms with van der Waals surface area (Å²) in [5.41, 5.74) is 9.34. The Bertz CT molecular complexity index is 1210. The number of nitrogens with two attached hydrogens (primary N) is 1. The lowest BCUT2D eigenvalue weighted by Crippen LogP contribution is -2.21. The predicted molar refractivity (Wildman–Crippen MR) is 141 cm³/mol. The number of halogens is 1. The van der Waals surface area contributed by atoms with Gasteiger partial charge in [0.25, 0.3) is 0 Å². The van der Waals surface area contributed by atoms with E-state index in [0.29, 0.717) is 5.03 Å². The van der Waals surface area contributed by atoms with E-state index >= 15 is 0 Å². The van der Waals surface area contributed by atoms with E-state index in [1.54, 1.807) is 0 Å². The van der Waals surface area contributed by atoms with Gasteiger partial charge in [-0.1, -0.05) is 41.9 Å². The van der Waals surface area contributed by atoms with Crippen molar-refractivity contribution in [2.24, 2.45) is 16.8 Å². The summed E-state index contributed by atoms with van der Waals surface area (Å²) in [5.74, 6) is 0.611. The molecule has 1 aromatic heterocycles. The van der Waals surface area contributed by atoms with E-state index in [9.17, 15) is 4.79 Å². The van der Waals surface area contributed by atoms with Crippen LogP contribution in [0.25, 0.3) is 10.9 Å². The molecule has 35 heavy (non-hydrogen) atoms. The maximum Gasteiger partial charge on any atom is 0.237 e. The second-order valence-electron chi connectivity index (χ2n) is 9.59. The molecule has 0 saturated heterocycles. The van der Waals surface area contributed by atoms with Crippen molar-refractivity contribution >= 4 is 34.1 Å².